The highest BCUT2D eigenvalue weighted by Crippen LogP contribution is 2.17. The number of carbonyl (C=O) groups excluding carboxylic acids is 14. The van der Waals surface area contributed by atoms with Gasteiger partial charge in [-0.05, 0) is 200 Å². The minimum absolute atomic E-state index is 0.0235. The third-order valence-electron chi connectivity index (χ3n) is 22.5. The molecule has 14 amide bonds. The first-order valence-electron chi connectivity index (χ1n) is 46.8. The molecule has 0 unspecified atom stereocenters. The van der Waals surface area contributed by atoms with Gasteiger partial charge < -0.3 is 161 Å². The van der Waals surface area contributed by atoms with Gasteiger partial charge in [-0.2, -0.15) is 0 Å². The van der Waals surface area contributed by atoms with Crippen LogP contribution in [-0.4, -0.2) is 297 Å². The summed E-state index contributed by atoms with van der Waals surface area (Å²) in [7, 11) is 0. The topological polar surface area (TPSA) is 851 Å². The Kier molecular flexibility index (Phi) is 52.7. The van der Waals surface area contributed by atoms with E-state index in [1.54, 1.807) is 0 Å². The van der Waals surface area contributed by atoms with Crippen LogP contribution in [0.4, 0.5) is 0 Å². The van der Waals surface area contributed by atoms with E-state index in [9.17, 15) is 77.0 Å². The Morgan fingerprint density at radius 1 is 0.234 bits per heavy atom. The number of hydrogen-bond donors (Lipinski definition) is 30. The summed E-state index contributed by atoms with van der Waals surface area (Å²) < 4.78 is 0. The molecule has 0 saturated heterocycles. The Bertz CT molecular complexity index is 4540. The number of H-pyrrole nitrogens is 6. The van der Waals surface area contributed by atoms with Crippen molar-refractivity contribution in [2.45, 2.75) is 277 Å². The van der Waals surface area contributed by atoms with E-state index in [4.69, 9.17) is 51.6 Å². The van der Waals surface area contributed by atoms with Crippen molar-refractivity contribution in [2.75, 3.05) is 58.9 Å². The first kappa shape index (κ1) is 113. The van der Waals surface area contributed by atoms with Crippen LogP contribution in [0, 0.1) is 0 Å². The molecule has 0 aliphatic heterocycles. The molecule has 758 valence electrons. The molecule has 0 aromatic carbocycles. The van der Waals surface area contributed by atoms with Gasteiger partial charge in [-0.25, -0.2) is 34.7 Å². The van der Waals surface area contributed by atoms with Crippen LogP contribution in [0.15, 0.2) is 75.1 Å². The number of aromatic nitrogens is 12. The Hall–Kier alpha value is -13.0. The summed E-state index contributed by atoms with van der Waals surface area (Å²) in [6.07, 6.45) is 21.5. The number of nitrogens with one attached hydrogen (secondary N) is 20. The number of carbonyl (C=O) groups is 15. The smallest absolute Gasteiger partial charge is 0.326 e. The second-order valence-electron chi connectivity index (χ2n) is 33.5. The lowest BCUT2D eigenvalue weighted by atomic mass is 10.0. The molecule has 51 heteroatoms. The van der Waals surface area contributed by atoms with Crippen molar-refractivity contribution in [3.05, 3.63) is 109 Å². The van der Waals surface area contributed by atoms with Crippen LogP contribution in [0.5, 0.6) is 0 Å². The number of hydrogen-bond acceptors (Lipinski definition) is 30. The predicted molar refractivity (Wildman–Crippen MR) is 501 cm³/mol. The average Bonchev–Trinajstić information content (AvgIpc) is 1.30. The highest BCUT2D eigenvalue weighted by molar-refractivity contribution is 6.00. The number of amides is 14. The highest BCUT2D eigenvalue weighted by Gasteiger charge is 2.39. The molecule has 39 N–H and O–H groups in total. The van der Waals surface area contributed by atoms with Crippen molar-refractivity contribution in [3.8, 4) is 0 Å². The number of nitrogens with two attached hydrogens (primary N) is 9. The fourth-order valence-electron chi connectivity index (χ4n) is 14.7. The molecule has 0 aliphatic carbocycles. The molecule has 6 aromatic heterocycles. The number of unbranched alkanes of at least 4 members (excludes halogenated alkanes) is 8. The summed E-state index contributed by atoms with van der Waals surface area (Å²) in [5.41, 5.74) is 55.3. The lowest BCUT2D eigenvalue weighted by Crippen LogP contribution is -2.61. The minimum atomic E-state index is -1.53. The van der Waals surface area contributed by atoms with Crippen molar-refractivity contribution >= 4 is 88.7 Å². The number of imidazole rings is 6. The number of nitrogens with zero attached hydrogens (tertiary/aromatic N) is 6. The van der Waals surface area contributed by atoms with Gasteiger partial charge in [-0.3, -0.25) is 67.1 Å². The SMILES string of the molecule is NCCCC[C@H](NC(=O)[C@H](Cc1cnc[nH]1)NC(=O)[C@H](CCCCN)NC(=O)[C@H](Cc1cnc[nH]1)NC(=O)[C@H](CCCCN)NC(=O)[C@H](Cc1cnc[nH]1)NC(=O)[C@H](CCCCN)NC(=O)CNC(=O)[C@H](CCCCN)NC(=O)[C@H](Cc1cnc[nH]1)NC(=O)[C@H](CCCCN)NC(=O)[C@H](Cc1cnc[nH]1)NC(=O)[C@H](CCCCN)NC(=O)[C@H](Cc1cnc[nH]1)NC(=O)[C@@H](N)CCCCN)C(=O)O. The van der Waals surface area contributed by atoms with Crippen LogP contribution in [0.2, 0.25) is 0 Å². The van der Waals surface area contributed by atoms with Gasteiger partial charge in [0.2, 0.25) is 82.7 Å². The molecule has 137 heavy (non-hydrogen) atoms. The largest absolute Gasteiger partial charge is 0.480 e. The summed E-state index contributed by atoms with van der Waals surface area (Å²) in [5.74, 6) is -13.2. The Labute approximate surface area is 793 Å². The van der Waals surface area contributed by atoms with Crippen molar-refractivity contribution < 1.29 is 77.0 Å². The Morgan fingerprint density at radius 3 is 0.613 bits per heavy atom. The van der Waals surface area contributed by atoms with Gasteiger partial charge in [0.1, 0.15) is 78.5 Å². The van der Waals surface area contributed by atoms with E-state index in [0.29, 0.717) is 118 Å². The minimum Gasteiger partial charge on any atom is -0.480 e. The standard InChI is InChI=1S/C86H143N35O16/c87-25-9-1-17-58(95)73(123)116-66(33-52-39-96-46-103-52)80(130)111-61(20-4-12-28-90)76(126)119-69(36-55-42-99-49-106-55)83(133)113-62(21-5-13-29-91)77(127)118-67(34-53-40-97-47-104-53)81(131)110-59(18-2-10-26-88)74(124)102-45-72(122)109-60(19-3-11-27-89)75(125)117-68(35-54-41-98-48-105-54)82(132)112-63(22-6-14-30-92)78(128)120-70(37-56-43-100-50-107-56)84(134)114-64(23-7-15-31-93)79(129)121-71(38-57-44-101-51-108-57)85(135)115-65(86(136)137)24-8-16-32-94/h39-44,46-51,58-71H,1-38,45,87-95H2,(H,96,103)(H,97,104)(H,98,105)(H,99,106)(H,100,107)(H,101,108)(H,102,124)(H,109,122)(H,110,131)(H,111,130)(H,112,132)(H,113,133)(H,114,134)(H,115,135)(H,116,123)(H,117,125)(H,118,127)(H,119,126)(H,120,128)(H,121,129)(H,136,137)/t58-,59-,60-,61-,62-,63-,64-,65-,66-,67-,68-,69-,70-,71-/m0/s1. The molecule has 0 aliphatic rings. The summed E-state index contributed by atoms with van der Waals surface area (Å²) in [6, 6.07) is -19.4. The van der Waals surface area contributed by atoms with Gasteiger partial charge >= 0.3 is 5.97 Å². The van der Waals surface area contributed by atoms with Gasteiger partial charge in [-0.15, -0.1) is 0 Å². The summed E-state index contributed by atoms with van der Waals surface area (Å²) >= 11 is 0. The molecule has 0 bridgehead atoms. The molecule has 0 radical (unpaired) electrons. The molecular weight excluding hydrogens is 1780 g/mol. The molecular formula is C86H143N35O16. The molecule has 14 atom stereocenters. The van der Waals surface area contributed by atoms with Crippen molar-refractivity contribution in [3.63, 3.8) is 0 Å². The second kappa shape index (κ2) is 64.1. The van der Waals surface area contributed by atoms with Crippen LogP contribution in [-0.2, 0) is 110 Å². The monoisotopic (exact) mass is 1920 g/mol. The molecule has 6 rings (SSSR count). The van der Waals surface area contributed by atoms with Crippen LogP contribution < -0.4 is 126 Å². The van der Waals surface area contributed by atoms with E-state index in [1.165, 1.54) is 75.1 Å². The zero-order chi connectivity index (χ0) is 99.7. The maximum absolute atomic E-state index is 15.0. The van der Waals surface area contributed by atoms with E-state index < -0.39 is 180 Å². The second-order valence-corrected chi connectivity index (χ2v) is 33.5. The predicted octanol–water partition coefficient (Wildman–Crippen LogP) is -7.36. The van der Waals surface area contributed by atoms with Crippen molar-refractivity contribution in [2.24, 2.45) is 51.6 Å². The molecule has 51 nitrogen and oxygen atoms in total. The molecule has 0 saturated carbocycles. The number of aromatic amines is 6. The zero-order valence-corrected chi connectivity index (χ0v) is 77.5. The summed E-state index contributed by atoms with van der Waals surface area (Å²) in [5, 5.41) is 47.8. The van der Waals surface area contributed by atoms with Crippen LogP contribution in [0.1, 0.15) is 188 Å². The lowest BCUT2D eigenvalue weighted by molar-refractivity contribution is -0.142. The van der Waals surface area contributed by atoms with E-state index >= 15 is 0 Å². The fourth-order valence-corrected chi connectivity index (χ4v) is 14.7. The first-order valence-corrected chi connectivity index (χ1v) is 46.8. The number of carboxylic acid groups (broad SMARTS) is 1. The zero-order valence-electron chi connectivity index (χ0n) is 77.5. The van der Waals surface area contributed by atoms with Gasteiger partial charge in [-0.1, -0.05) is 6.42 Å². The van der Waals surface area contributed by atoms with Gasteiger partial charge in [0.05, 0.1) is 50.6 Å². The maximum Gasteiger partial charge on any atom is 0.326 e. The maximum atomic E-state index is 15.0. The Balaban J connectivity index is 1.20. The van der Waals surface area contributed by atoms with Crippen LogP contribution in [0.25, 0.3) is 0 Å². The quantitative estimate of drug-likeness (QED) is 0.0158. The lowest BCUT2D eigenvalue weighted by Gasteiger charge is -2.28. The van der Waals surface area contributed by atoms with Crippen molar-refractivity contribution in [1.82, 2.24) is 134 Å². The fraction of sp³-hybridized carbons (Fsp3) is 0.616. The van der Waals surface area contributed by atoms with E-state index in [2.05, 4.69) is 134 Å². The highest BCUT2D eigenvalue weighted by atomic mass is 16.4. The molecule has 6 aromatic rings. The van der Waals surface area contributed by atoms with Gasteiger partial charge in [0, 0.05) is 110 Å². The third-order valence-corrected chi connectivity index (χ3v) is 22.5. The van der Waals surface area contributed by atoms with Gasteiger partial charge in [0.25, 0.3) is 0 Å². The number of aliphatic carboxylic acids is 1. The first-order chi connectivity index (χ1) is 66.1. The summed E-state index contributed by atoms with van der Waals surface area (Å²) in [4.78, 5) is 258. The summed E-state index contributed by atoms with van der Waals surface area (Å²) in [6.45, 7) is 1.06. The van der Waals surface area contributed by atoms with E-state index in [-0.39, 0.29) is 161 Å². The molecule has 6 heterocycles. The van der Waals surface area contributed by atoms with E-state index in [1.807, 2.05) is 0 Å². The number of rotatable bonds is 73. The van der Waals surface area contributed by atoms with Crippen molar-refractivity contribution in [1.29, 1.82) is 0 Å². The normalized spacial score (nSPS) is 14.3. The van der Waals surface area contributed by atoms with Gasteiger partial charge in [0.15, 0.2) is 0 Å². The van der Waals surface area contributed by atoms with E-state index in [0.717, 1.165) is 0 Å². The Morgan fingerprint density at radius 2 is 0.409 bits per heavy atom. The van der Waals surface area contributed by atoms with Crippen LogP contribution >= 0.6 is 0 Å². The molecule has 0 spiro atoms. The molecule has 0 fully saturated rings. The number of carboxylic acids is 1. The average molecular weight is 1920 g/mol. The third kappa shape index (κ3) is 42.4. The van der Waals surface area contributed by atoms with Crippen LogP contribution in [0.3, 0.4) is 0 Å².